The van der Waals surface area contributed by atoms with Crippen LogP contribution in [-0.4, -0.2) is 219 Å². The molecule has 39 nitrogen and oxygen atoms in total. The Hall–Kier alpha value is -9.41. The van der Waals surface area contributed by atoms with E-state index < -0.39 is 150 Å². The van der Waals surface area contributed by atoms with Crippen LogP contribution in [0.5, 0.6) is 0 Å². The SMILES string of the molecule is CC(C)C[C@H](NC(=O)[C@H](CC(=O)O)NC(=O)CNC(=O)[C@H](CCCN=C(N)N)NC(=O)[C@H](Cc1cnc[nH]1)NC(=O)CNC(=O)C(NC(=O)[C@@H](N)CCCN=C(N)N)C1(S)CCCC1)C(=O)N[C@@H](CCCN=C(N)N)C(=O)N[C@@H](CS)C(=O)N[C@@H](CCCN=C(N)N)C(=O)O. The number of aromatic amines is 1. The number of carboxylic acids is 2. The summed E-state index contributed by atoms with van der Waals surface area (Å²) in [5.74, 6) is -14.0. The first-order chi connectivity index (χ1) is 44.7. The van der Waals surface area contributed by atoms with Crippen molar-refractivity contribution < 1.29 is 67.7 Å². The van der Waals surface area contributed by atoms with E-state index in [1.54, 1.807) is 13.8 Å². The molecule has 41 heteroatoms. The first kappa shape index (κ1) is 81.7. The van der Waals surface area contributed by atoms with Crippen LogP contribution >= 0.6 is 25.3 Å². The van der Waals surface area contributed by atoms with Crippen molar-refractivity contribution in [1.82, 2.24) is 63.1 Å². The van der Waals surface area contributed by atoms with Crippen LogP contribution in [-0.2, 0) is 64.0 Å². The highest BCUT2D eigenvalue weighted by molar-refractivity contribution is 7.82. The second kappa shape index (κ2) is 42.7. The van der Waals surface area contributed by atoms with Gasteiger partial charge in [0, 0.05) is 55.0 Å². The number of aromatic nitrogens is 2. The topological polar surface area (TPSA) is 678 Å². The van der Waals surface area contributed by atoms with E-state index in [0.717, 1.165) is 0 Å². The number of rotatable bonds is 45. The van der Waals surface area contributed by atoms with Crippen LogP contribution in [0.15, 0.2) is 32.5 Å². The van der Waals surface area contributed by atoms with Gasteiger partial charge >= 0.3 is 11.9 Å². The predicted molar refractivity (Wildman–Crippen MR) is 355 cm³/mol. The Morgan fingerprint density at radius 2 is 0.947 bits per heavy atom. The highest BCUT2D eigenvalue weighted by Crippen LogP contribution is 2.38. The van der Waals surface area contributed by atoms with E-state index in [2.05, 4.69) is 95.7 Å². The van der Waals surface area contributed by atoms with Gasteiger partial charge in [-0.05, 0) is 76.5 Å². The fourth-order valence-electron chi connectivity index (χ4n) is 9.44. The van der Waals surface area contributed by atoms with Crippen molar-refractivity contribution in [2.45, 2.75) is 169 Å². The molecule has 95 heavy (non-hydrogen) atoms. The number of amides is 10. The van der Waals surface area contributed by atoms with E-state index in [-0.39, 0.29) is 119 Å². The standard InChI is InChI=1S/C54H95N25O14S2/c1-27(2)19-33(44(87)75-31(11-7-17-67-52(60)61)43(86)78-36(25-94)47(90)76-32(49(92)93)12-8-18-68-53(62)63)77-46(89)35(21-39(82)83)73-37(80)23-69-42(85)30(10-6-16-66-51(58)59)74-45(88)34(20-28-22-64-26-71-28)72-38(81)24-70-48(91)40(54(95)13-3-4-14-54)79-41(84)29(55)9-5-15-65-50(56)57/h22,26-27,29-36,40,94-95H,3-21,23-25,55H2,1-2H3,(H,64,71)(H,69,85)(H,70,91)(H,72,81)(H,73,80)(H,74,88)(H,75,87)(H,76,90)(H,77,89)(H,78,86)(H,79,84)(H,82,83)(H,92,93)(H4,56,57,65)(H4,58,59,66)(H4,60,61,67)(H4,62,63,68)/t29-,30-,31-,32-,33-,34-,35-,36-,40?/m0/s1. The predicted octanol–water partition coefficient (Wildman–Crippen LogP) is -8.62. The van der Waals surface area contributed by atoms with Gasteiger partial charge in [-0.2, -0.15) is 25.3 Å². The quantitative estimate of drug-likeness (QED) is 0.0125. The molecule has 1 aromatic rings. The highest BCUT2D eigenvalue weighted by Gasteiger charge is 2.44. The molecular formula is C54H95N25O14S2. The smallest absolute Gasteiger partial charge is 0.326 e. The lowest BCUT2D eigenvalue weighted by Crippen LogP contribution is -2.60. The molecule has 9 atom stereocenters. The Balaban J connectivity index is 2.33. The average Bonchev–Trinajstić information content (AvgIpc) is 1.80. The number of nitrogens with two attached hydrogens (primary N) is 9. The normalized spacial score (nSPS) is 15.1. The number of aliphatic carboxylic acids is 2. The van der Waals surface area contributed by atoms with Crippen LogP contribution in [0.1, 0.15) is 109 Å². The molecule has 0 aromatic carbocycles. The molecule has 1 fully saturated rings. The third-order valence-corrected chi connectivity index (χ3v) is 15.3. The maximum absolute atomic E-state index is 14.2. The molecule has 31 N–H and O–H groups in total. The lowest BCUT2D eigenvalue weighted by Gasteiger charge is -2.33. The molecule has 1 heterocycles. The lowest BCUT2D eigenvalue weighted by molar-refractivity contribution is -0.142. The van der Waals surface area contributed by atoms with Crippen molar-refractivity contribution in [3.8, 4) is 0 Å². The molecule has 0 saturated heterocycles. The molecule has 1 aliphatic carbocycles. The van der Waals surface area contributed by atoms with Gasteiger partial charge in [0.1, 0.15) is 48.3 Å². The summed E-state index contributed by atoms with van der Waals surface area (Å²) < 4.78 is -1.00. The molecule has 0 aliphatic heterocycles. The average molecular weight is 1380 g/mol. The van der Waals surface area contributed by atoms with Crippen molar-refractivity contribution in [2.75, 3.05) is 45.0 Å². The molecule has 1 saturated carbocycles. The lowest BCUT2D eigenvalue weighted by atomic mass is 9.95. The number of hydrogen-bond donors (Lipinski definition) is 24. The molecular weight excluding hydrogens is 1290 g/mol. The van der Waals surface area contributed by atoms with Gasteiger partial charge < -0.3 is 120 Å². The number of nitrogens with zero attached hydrogens (tertiary/aromatic N) is 5. The zero-order valence-electron chi connectivity index (χ0n) is 53.1. The van der Waals surface area contributed by atoms with Crippen molar-refractivity contribution in [2.24, 2.45) is 77.5 Å². The molecule has 0 radical (unpaired) electrons. The summed E-state index contributed by atoms with van der Waals surface area (Å²) in [5.41, 5.74) is 49.8. The second-order valence-electron chi connectivity index (χ2n) is 22.7. The number of hydrogen-bond acceptors (Lipinski definition) is 20. The fourth-order valence-corrected chi connectivity index (χ4v) is 10.2. The molecule has 0 spiro atoms. The number of carbonyl (C=O) groups excluding carboxylic acids is 10. The van der Waals surface area contributed by atoms with Crippen LogP contribution < -0.4 is 105 Å². The van der Waals surface area contributed by atoms with Crippen LogP contribution in [0.4, 0.5) is 0 Å². The Bertz CT molecular complexity index is 2860. The fraction of sp³-hybridized carbons (Fsp3) is 0.648. The van der Waals surface area contributed by atoms with Gasteiger partial charge in [0.15, 0.2) is 23.8 Å². The Kier molecular flexibility index (Phi) is 36.8. The number of H-pyrrole nitrogens is 1. The van der Waals surface area contributed by atoms with Crippen LogP contribution in [0.3, 0.4) is 0 Å². The minimum Gasteiger partial charge on any atom is -0.481 e. The van der Waals surface area contributed by atoms with Gasteiger partial charge in [-0.15, -0.1) is 0 Å². The molecule has 1 aliphatic rings. The largest absolute Gasteiger partial charge is 0.481 e. The summed E-state index contributed by atoms with van der Waals surface area (Å²) in [5, 5.41) is 44.2. The monoisotopic (exact) mass is 1380 g/mol. The van der Waals surface area contributed by atoms with E-state index in [9.17, 15) is 67.7 Å². The summed E-state index contributed by atoms with van der Waals surface area (Å²) in [6, 6.07) is -13.0. The molecule has 532 valence electrons. The summed E-state index contributed by atoms with van der Waals surface area (Å²) in [6.45, 7) is 1.93. The minimum atomic E-state index is -1.90. The maximum Gasteiger partial charge on any atom is 0.326 e. The van der Waals surface area contributed by atoms with E-state index in [1.165, 1.54) is 12.5 Å². The molecule has 1 unspecified atom stereocenters. The van der Waals surface area contributed by atoms with Crippen molar-refractivity contribution in [3.63, 3.8) is 0 Å². The summed E-state index contributed by atoms with van der Waals surface area (Å²) in [6.07, 6.45) is 3.94. The van der Waals surface area contributed by atoms with Crippen molar-refractivity contribution in [3.05, 3.63) is 18.2 Å². The molecule has 2 rings (SSSR count). The van der Waals surface area contributed by atoms with Crippen LogP contribution in [0.2, 0.25) is 0 Å². The van der Waals surface area contributed by atoms with E-state index >= 15 is 0 Å². The first-order valence-corrected chi connectivity index (χ1v) is 31.5. The number of carboxylic acid groups (broad SMARTS) is 2. The van der Waals surface area contributed by atoms with Crippen molar-refractivity contribution >= 4 is 120 Å². The van der Waals surface area contributed by atoms with Gasteiger partial charge in [0.05, 0.1) is 31.9 Å². The third-order valence-electron chi connectivity index (χ3n) is 14.2. The highest BCUT2D eigenvalue weighted by atomic mass is 32.1. The number of nitrogens with one attached hydrogen (secondary N) is 11. The third kappa shape index (κ3) is 32.8. The van der Waals surface area contributed by atoms with Crippen molar-refractivity contribution in [1.29, 1.82) is 0 Å². The summed E-state index contributed by atoms with van der Waals surface area (Å²) in [4.78, 5) is 184. The number of guanidine groups is 4. The van der Waals surface area contributed by atoms with Gasteiger partial charge in [0.25, 0.3) is 0 Å². The molecule has 10 amide bonds. The number of aliphatic imine (C=N–C) groups is 4. The van der Waals surface area contributed by atoms with E-state index in [4.69, 9.17) is 64.2 Å². The number of thiol groups is 2. The van der Waals surface area contributed by atoms with Gasteiger partial charge in [-0.3, -0.25) is 72.7 Å². The number of imidazole rings is 1. The zero-order chi connectivity index (χ0) is 71.4. The second-order valence-corrected chi connectivity index (χ2v) is 23.9. The maximum atomic E-state index is 14.2. The van der Waals surface area contributed by atoms with Gasteiger partial charge in [-0.25, -0.2) is 9.78 Å². The number of carbonyl (C=O) groups is 12. The van der Waals surface area contributed by atoms with Gasteiger partial charge in [-0.1, -0.05) is 26.7 Å². The zero-order valence-corrected chi connectivity index (χ0v) is 54.9. The summed E-state index contributed by atoms with van der Waals surface area (Å²) >= 11 is 8.95. The Morgan fingerprint density at radius 1 is 0.537 bits per heavy atom. The minimum absolute atomic E-state index is 0.0269. The Labute approximate surface area is 558 Å². The van der Waals surface area contributed by atoms with Gasteiger partial charge in [0.2, 0.25) is 59.1 Å². The molecule has 0 bridgehead atoms. The van der Waals surface area contributed by atoms with Crippen LogP contribution in [0.25, 0.3) is 0 Å². The van der Waals surface area contributed by atoms with E-state index in [1.807, 2.05) is 0 Å². The summed E-state index contributed by atoms with van der Waals surface area (Å²) in [7, 11) is 0. The first-order valence-electron chi connectivity index (χ1n) is 30.4. The van der Waals surface area contributed by atoms with Crippen LogP contribution in [0, 0.1) is 5.92 Å². The molecule has 1 aromatic heterocycles. The Morgan fingerprint density at radius 3 is 1.41 bits per heavy atom. The van der Waals surface area contributed by atoms with E-state index in [0.29, 0.717) is 37.8 Å².